The molecule has 0 saturated heterocycles. The second kappa shape index (κ2) is 5.27. The molecular formula is C11H13ClFNO2. The van der Waals surface area contributed by atoms with Gasteiger partial charge in [-0.1, -0.05) is 18.5 Å². The van der Waals surface area contributed by atoms with Gasteiger partial charge >= 0.3 is 5.97 Å². The number of hydrogen-bond donors (Lipinski definition) is 2. The van der Waals surface area contributed by atoms with E-state index in [9.17, 15) is 9.18 Å². The Balaban J connectivity index is 2.83. The molecule has 0 aliphatic rings. The molecule has 2 unspecified atom stereocenters. The predicted octanol–water partition coefficient (Wildman–Crippen LogP) is 2.59. The average Bonchev–Trinajstić information content (AvgIpc) is 2.21. The number of nitrogens with two attached hydrogens (primary N) is 1. The van der Waals surface area contributed by atoms with Gasteiger partial charge in [-0.2, -0.15) is 0 Å². The van der Waals surface area contributed by atoms with E-state index < -0.39 is 23.7 Å². The minimum Gasteiger partial charge on any atom is -0.481 e. The summed E-state index contributed by atoms with van der Waals surface area (Å²) in [6.45, 7) is 1.53. The number of carbonyl (C=O) groups is 1. The smallest absolute Gasteiger partial charge is 0.306 e. The summed E-state index contributed by atoms with van der Waals surface area (Å²) in [5, 5.41) is 9.11. The summed E-state index contributed by atoms with van der Waals surface area (Å²) in [5.41, 5.74) is 5.99. The Morgan fingerprint density at radius 1 is 1.62 bits per heavy atom. The van der Waals surface area contributed by atoms with Crippen LogP contribution in [0.25, 0.3) is 0 Å². The summed E-state index contributed by atoms with van der Waals surface area (Å²) in [7, 11) is 0. The lowest BCUT2D eigenvalue weighted by atomic mass is 9.96. The number of benzene rings is 1. The van der Waals surface area contributed by atoms with Crippen LogP contribution in [0.2, 0.25) is 5.02 Å². The van der Waals surface area contributed by atoms with Gasteiger partial charge in [0.05, 0.1) is 5.92 Å². The first-order valence-corrected chi connectivity index (χ1v) is 5.23. The monoisotopic (exact) mass is 245 g/mol. The third-order valence-corrected chi connectivity index (χ3v) is 2.62. The Morgan fingerprint density at radius 3 is 2.81 bits per heavy atom. The Bertz CT molecular complexity index is 398. The molecule has 0 fully saturated rings. The molecule has 16 heavy (non-hydrogen) atoms. The van der Waals surface area contributed by atoms with Gasteiger partial charge < -0.3 is 10.8 Å². The summed E-state index contributed by atoms with van der Waals surface area (Å²) in [6, 6.07) is 3.41. The lowest BCUT2D eigenvalue weighted by Crippen LogP contribution is -2.20. The molecule has 0 bridgehead atoms. The highest BCUT2D eigenvalue weighted by molar-refractivity contribution is 6.30. The van der Waals surface area contributed by atoms with Crippen LogP contribution in [0.5, 0.6) is 0 Å². The van der Waals surface area contributed by atoms with Gasteiger partial charge in [0.15, 0.2) is 0 Å². The number of halogens is 2. The van der Waals surface area contributed by atoms with Gasteiger partial charge in [-0.25, -0.2) is 4.39 Å². The molecule has 0 heterocycles. The molecule has 88 valence electrons. The highest BCUT2D eigenvalue weighted by Gasteiger charge is 2.19. The second-order valence-electron chi connectivity index (χ2n) is 3.75. The van der Waals surface area contributed by atoms with Crippen molar-refractivity contribution in [3.05, 3.63) is 34.6 Å². The van der Waals surface area contributed by atoms with Crippen LogP contribution in [0.4, 0.5) is 4.39 Å². The molecule has 2 atom stereocenters. The summed E-state index contributed by atoms with van der Waals surface area (Å²) in [4.78, 5) is 10.6. The van der Waals surface area contributed by atoms with Gasteiger partial charge in [0.1, 0.15) is 5.82 Å². The van der Waals surface area contributed by atoms with Gasteiger partial charge in [-0.15, -0.1) is 0 Å². The standard InChI is InChI=1S/C11H13ClFNO2/c1-6(11(15)16)4-10(14)8-5-7(12)2-3-9(8)13/h2-3,5-6,10H,4,14H2,1H3,(H,15,16). The third kappa shape index (κ3) is 3.18. The number of rotatable bonds is 4. The highest BCUT2D eigenvalue weighted by atomic mass is 35.5. The van der Waals surface area contributed by atoms with Crippen LogP contribution in [0, 0.1) is 11.7 Å². The maximum absolute atomic E-state index is 13.4. The Morgan fingerprint density at radius 2 is 2.25 bits per heavy atom. The van der Waals surface area contributed by atoms with Crippen molar-refractivity contribution in [2.75, 3.05) is 0 Å². The molecule has 3 nitrogen and oxygen atoms in total. The molecule has 1 aromatic carbocycles. The molecule has 3 N–H and O–H groups in total. The van der Waals surface area contributed by atoms with Gasteiger partial charge in [-0.3, -0.25) is 4.79 Å². The minimum atomic E-state index is -0.946. The van der Waals surface area contributed by atoms with Crippen LogP contribution in [0.3, 0.4) is 0 Å². The zero-order valence-electron chi connectivity index (χ0n) is 8.78. The first-order valence-electron chi connectivity index (χ1n) is 4.85. The van der Waals surface area contributed by atoms with E-state index in [0.29, 0.717) is 5.02 Å². The van der Waals surface area contributed by atoms with Crippen molar-refractivity contribution in [3.8, 4) is 0 Å². The SMILES string of the molecule is CC(CC(N)c1cc(Cl)ccc1F)C(=O)O. The van der Waals surface area contributed by atoms with Crippen molar-refractivity contribution >= 4 is 17.6 Å². The largest absolute Gasteiger partial charge is 0.481 e. The van der Waals surface area contributed by atoms with Crippen LogP contribution < -0.4 is 5.73 Å². The van der Waals surface area contributed by atoms with Crippen LogP contribution in [-0.4, -0.2) is 11.1 Å². The summed E-state index contributed by atoms with van der Waals surface area (Å²) in [6.07, 6.45) is 0.173. The van der Waals surface area contributed by atoms with E-state index in [1.54, 1.807) is 0 Å². The number of carboxylic acids is 1. The third-order valence-electron chi connectivity index (χ3n) is 2.39. The van der Waals surface area contributed by atoms with E-state index in [0.717, 1.165) is 0 Å². The zero-order chi connectivity index (χ0) is 12.3. The van der Waals surface area contributed by atoms with E-state index in [1.165, 1.54) is 25.1 Å². The summed E-state index contributed by atoms with van der Waals surface area (Å²) >= 11 is 5.72. The van der Waals surface area contributed by atoms with Crippen molar-refractivity contribution in [2.45, 2.75) is 19.4 Å². The average molecular weight is 246 g/mol. The van der Waals surface area contributed by atoms with E-state index in [-0.39, 0.29) is 12.0 Å². The molecule has 0 aliphatic heterocycles. The van der Waals surface area contributed by atoms with Crippen LogP contribution in [-0.2, 0) is 4.79 Å². The molecule has 0 aliphatic carbocycles. The van der Waals surface area contributed by atoms with Crippen LogP contribution in [0.15, 0.2) is 18.2 Å². The van der Waals surface area contributed by atoms with Crippen molar-refractivity contribution in [1.29, 1.82) is 0 Å². The Hall–Kier alpha value is -1.13. The van der Waals surface area contributed by atoms with Gasteiger partial charge in [-0.05, 0) is 24.6 Å². The maximum Gasteiger partial charge on any atom is 0.306 e. The second-order valence-corrected chi connectivity index (χ2v) is 4.18. The normalized spacial score (nSPS) is 14.5. The fraction of sp³-hybridized carbons (Fsp3) is 0.364. The first kappa shape index (κ1) is 12.9. The number of hydrogen-bond acceptors (Lipinski definition) is 2. The van der Waals surface area contributed by atoms with E-state index >= 15 is 0 Å². The molecular weight excluding hydrogens is 233 g/mol. The molecule has 0 aromatic heterocycles. The molecule has 0 radical (unpaired) electrons. The molecule has 1 aromatic rings. The first-order chi connectivity index (χ1) is 7.41. The fourth-order valence-electron chi connectivity index (χ4n) is 1.41. The van der Waals surface area contributed by atoms with Crippen LogP contribution >= 0.6 is 11.6 Å². The highest BCUT2D eigenvalue weighted by Crippen LogP contribution is 2.24. The summed E-state index contributed by atoms with van der Waals surface area (Å²) in [5.74, 6) is -2.03. The topological polar surface area (TPSA) is 63.3 Å². The number of carboxylic acid groups (broad SMARTS) is 1. The van der Waals surface area contributed by atoms with Gasteiger partial charge in [0.25, 0.3) is 0 Å². The molecule has 0 saturated carbocycles. The predicted molar refractivity (Wildman–Crippen MR) is 59.8 cm³/mol. The van der Waals surface area contributed by atoms with Gasteiger partial charge in [0, 0.05) is 16.6 Å². The Labute approximate surface area is 98.0 Å². The quantitative estimate of drug-likeness (QED) is 0.857. The van der Waals surface area contributed by atoms with Crippen molar-refractivity contribution in [3.63, 3.8) is 0 Å². The molecule has 0 spiro atoms. The van der Waals surface area contributed by atoms with Crippen LogP contribution in [0.1, 0.15) is 24.9 Å². The van der Waals surface area contributed by atoms with Gasteiger partial charge in [0.2, 0.25) is 0 Å². The van der Waals surface area contributed by atoms with E-state index in [1.807, 2.05) is 0 Å². The van der Waals surface area contributed by atoms with Crippen molar-refractivity contribution < 1.29 is 14.3 Å². The van der Waals surface area contributed by atoms with E-state index in [2.05, 4.69) is 0 Å². The summed E-state index contributed by atoms with van der Waals surface area (Å²) < 4.78 is 13.4. The molecule has 1 rings (SSSR count). The lowest BCUT2D eigenvalue weighted by molar-refractivity contribution is -0.141. The fourth-order valence-corrected chi connectivity index (χ4v) is 1.59. The Kier molecular flexibility index (Phi) is 4.26. The van der Waals surface area contributed by atoms with E-state index in [4.69, 9.17) is 22.4 Å². The molecule has 5 heteroatoms. The van der Waals surface area contributed by atoms with Crippen molar-refractivity contribution in [1.82, 2.24) is 0 Å². The minimum absolute atomic E-state index is 0.173. The molecule has 0 amide bonds. The lowest BCUT2D eigenvalue weighted by Gasteiger charge is -2.15. The number of aliphatic carboxylic acids is 1. The maximum atomic E-state index is 13.4. The zero-order valence-corrected chi connectivity index (χ0v) is 9.54. The van der Waals surface area contributed by atoms with Crippen molar-refractivity contribution in [2.24, 2.45) is 11.7 Å².